The van der Waals surface area contributed by atoms with E-state index >= 15 is 0 Å². The third-order valence-corrected chi connectivity index (χ3v) is 3.18. The van der Waals surface area contributed by atoms with Crippen LogP contribution >= 0.6 is 0 Å². The van der Waals surface area contributed by atoms with Gasteiger partial charge in [0.2, 0.25) is 0 Å². The van der Waals surface area contributed by atoms with Crippen molar-refractivity contribution in [1.82, 2.24) is 19.9 Å². The van der Waals surface area contributed by atoms with Crippen molar-refractivity contribution in [3.05, 3.63) is 55.0 Å². The molecule has 4 aromatic rings. The molecule has 0 aliphatic heterocycles. The molecule has 2 heterocycles. The van der Waals surface area contributed by atoms with Crippen LogP contribution in [0.1, 0.15) is 0 Å². The van der Waals surface area contributed by atoms with E-state index in [1.54, 1.807) is 12.5 Å². The number of hydrogen-bond donors (Lipinski definition) is 1. The Morgan fingerprint density at radius 1 is 0.895 bits per heavy atom. The van der Waals surface area contributed by atoms with E-state index in [4.69, 9.17) is 0 Å². The monoisotopic (exact) mass is 246 g/mol. The van der Waals surface area contributed by atoms with Gasteiger partial charge in [0.25, 0.3) is 0 Å². The number of benzene rings is 2. The van der Waals surface area contributed by atoms with E-state index in [9.17, 15) is 0 Å². The van der Waals surface area contributed by atoms with E-state index < -0.39 is 0 Å². The van der Waals surface area contributed by atoms with E-state index in [-0.39, 0.29) is 0 Å². The van der Waals surface area contributed by atoms with Crippen LogP contribution in [0.2, 0.25) is 0 Å². The second kappa shape index (κ2) is 3.88. The van der Waals surface area contributed by atoms with Crippen LogP contribution in [0.5, 0.6) is 0 Å². The van der Waals surface area contributed by atoms with Gasteiger partial charge >= 0.3 is 0 Å². The van der Waals surface area contributed by atoms with E-state index in [0.29, 0.717) is 11.5 Å². The molecular weight excluding hydrogens is 236 g/mol. The molecule has 0 saturated carbocycles. The van der Waals surface area contributed by atoms with E-state index in [0.717, 1.165) is 11.1 Å². The summed E-state index contributed by atoms with van der Waals surface area (Å²) in [5, 5.41) is 2.40. The van der Waals surface area contributed by atoms with Gasteiger partial charge in [0.05, 0.1) is 12.5 Å². The molecule has 0 atom stereocenters. The molecule has 0 radical (unpaired) electrons. The summed E-state index contributed by atoms with van der Waals surface area (Å²) in [6.45, 7) is 0. The highest BCUT2D eigenvalue weighted by Gasteiger charge is 2.05. The highest BCUT2D eigenvalue weighted by Crippen LogP contribution is 2.22. The summed E-state index contributed by atoms with van der Waals surface area (Å²) >= 11 is 0. The average molecular weight is 246 g/mol. The number of fused-ring (bicyclic) bond motifs is 2. The molecule has 4 nitrogen and oxygen atoms in total. The minimum absolute atomic E-state index is 0.693. The molecule has 4 rings (SSSR count). The molecule has 0 spiro atoms. The fraction of sp³-hybridized carbons (Fsp3) is 0. The molecule has 90 valence electrons. The molecule has 0 fully saturated rings. The molecule has 1 N–H and O–H groups in total. The van der Waals surface area contributed by atoms with Gasteiger partial charge in [0.15, 0.2) is 11.5 Å². The van der Waals surface area contributed by atoms with Gasteiger partial charge in [-0.15, -0.1) is 0 Å². The zero-order valence-corrected chi connectivity index (χ0v) is 10.0. The number of imidazole rings is 1. The number of nitrogens with one attached hydrogen (secondary N) is 1. The number of aromatic nitrogens is 4. The molecule has 2 aromatic heterocycles. The minimum Gasteiger partial charge on any atom is -0.342 e. The van der Waals surface area contributed by atoms with E-state index in [1.807, 2.05) is 18.2 Å². The summed E-state index contributed by atoms with van der Waals surface area (Å²) in [5.41, 5.74) is 2.55. The van der Waals surface area contributed by atoms with E-state index in [1.165, 1.54) is 10.8 Å². The average Bonchev–Trinajstić information content (AvgIpc) is 2.94. The molecule has 0 saturated heterocycles. The second-order valence-corrected chi connectivity index (χ2v) is 4.40. The van der Waals surface area contributed by atoms with Gasteiger partial charge in [-0.3, -0.25) is 0 Å². The zero-order chi connectivity index (χ0) is 12.7. The Morgan fingerprint density at radius 2 is 1.79 bits per heavy atom. The molecule has 0 aliphatic rings. The SMILES string of the molecule is c1ccc2cc(-c3ncc4[nH]cnc4n3)ccc2c1. The van der Waals surface area contributed by atoms with Gasteiger partial charge in [0, 0.05) is 5.56 Å². The Kier molecular flexibility index (Phi) is 2.08. The summed E-state index contributed by atoms with van der Waals surface area (Å²) in [5.74, 6) is 0.699. The normalized spacial score (nSPS) is 11.2. The van der Waals surface area contributed by atoms with Crippen molar-refractivity contribution in [2.45, 2.75) is 0 Å². The lowest BCUT2D eigenvalue weighted by Gasteiger charge is -2.02. The maximum absolute atomic E-state index is 4.46. The number of hydrogen-bond acceptors (Lipinski definition) is 3. The van der Waals surface area contributed by atoms with Gasteiger partial charge in [-0.25, -0.2) is 15.0 Å². The third-order valence-electron chi connectivity index (χ3n) is 3.18. The first-order chi connectivity index (χ1) is 9.40. The summed E-state index contributed by atoms with van der Waals surface area (Å²) in [6.07, 6.45) is 3.39. The summed E-state index contributed by atoms with van der Waals surface area (Å²) in [6, 6.07) is 14.5. The Morgan fingerprint density at radius 3 is 2.74 bits per heavy atom. The van der Waals surface area contributed by atoms with Crippen LogP contribution in [-0.2, 0) is 0 Å². The van der Waals surface area contributed by atoms with Crippen molar-refractivity contribution in [2.24, 2.45) is 0 Å². The second-order valence-electron chi connectivity index (χ2n) is 4.40. The van der Waals surface area contributed by atoms with Gasteiger partial charge < -0.3 is 4.98 Å². The van der Waals surface area contributed by atoms with Crippen molar-refractivity contribution < 1.29 is 0 Å². The van der Waals surface area contributed by atoms with Crippen LogP contribution in [0, 0.1) is 0 Å². The molecule has 0 bridgehead atoms. The van der Waals surface area contributed by atoms with Crippen molar-refractivity contribution in [3.8, 4) is 11.4 Å². The maximum Gasteiger partial charge on any atom is 0.181 e. The fourth-order valence-corrected chi connectivity index (χ4v) is 2.20. The summed E-state index contributed by atoms with van der Waals surface area (Å²) < 4.78 is 0. The topological polar surface area (TPSA) is 54.5 Å². The molecular formula is C15H10N4. The number of nitrogens with zero attached hydrogens (tertiary/aromatic N) is 3. The van der Waals surface area contributed by atoms with Crippen LogP contribution in [0.4, 0.5) is 0 Å². The summed E-state index contributed by atoms with van der Waals surface area (Å²) in [7, 11) is 0. The smallest absolute Gasteiger partial charge is 0.181 e. The molecule has 2 aromatic carbocycles. The van der Waals surface area contributed by atoms with Crippen molar-refractivity contribution in [3.63, 3.8) is 0 Å². The Hall–Kier alpha value is -2.75. The minimum atomic E-state index is 0.693. The molecule has 0 unspecified atom stereocenters. The van der Waals surface area contributed by atoms with Crippen molar-refractivity contribution in [1.29, 1.82) is 0 Å². The summed E-state index contributed by atoms with van der Waals surface area (Å²) in [4.78, 5) is 16.0. The van der Waals surface area contributed by atoms with Gasteiger partial charge in [0.1, 0.15) is 5.52 Å². The predicted molar refractivity (Wildman–Crippen MR) is 74.6 cm³/mol. The Balaban J connectivity index is 1.92. The van der Waals surface area contributed by atoms with Crippen LogP contribution in [0.25, 0.3) is 33.3 Å². The third kappa shape index (κ3) is 1.65. The quantitative estimate of drug-likeness (QED) is 0.561. The fourth-order valence-electron chi connectivity index (χ4n) is 2.20. The highest BCUT2D eigenvalue weighted by molar-refractivity contribution is 5.86. The van der Waals surface area contributed by atoms with Crippen molar-refractivity contribution >= 4 is 21.9 Å². The lowest BCUT2D eigenvalue weighted by molar-refractivity contribution is 1.21. The first-order valence-electron chi connectivity index (χ1n) is 6.05. The molecule has 19 heavy (non-hydrogen) atoms. The number of H-pyrrole nitrogens is 1. The first kappa shape index (κ1) is 10.2. The number of rotatable bonds is 1. The number of aromatic amines is 1. The van der Waals surface area contributed by atoms with Crippen LogP contribution in [-0.4, -0.2) is 19.9 Å². The predicted octanol–water partition coefficient (Wildman–Crippen LogP) is 3.17. The molecule has 4 heteroatoms. The Bertz CT molecular complexity index is 879. The lowest BCUT2D eigenvalue weighted by atomic mass is 10.1. The maximum atomic E-state index is 4.46. The highest BCUT2D eigenvalue weighted by atomic mass is 15.0. The largest absolute Gasteiger partial charge is 0.342 e. The molecule has 0 aliphatic carbocycles. The first-order valence-corrected chi connectivity index (χ1v) is 6.05. The van der Waals surface area contributed by atoms with Gasteiger partial charge in [-0.05, 0) is 16.8 Å². The van der Waals surface area contributed by atoms with Crippen LogP contribution in [0.3, 0.4) is 0 Å². The van der Waals surface area contributed by atoms with Crippen LogP contribution in [0.15, 0.2) is 55.0 Å². The van der Waals surface area contributed by atoms with Gasteiger partial charge in [-0.1, -0.05) is 36.4 Å². The van der Waals surface area contributed by atoms with Gasteiger partial charge in [-0.2, -0.15) is 0 Å². The van der Waals surface area contributed by atoms with E-state index in [2.05, 4.69) is 44.2 Å². The standard InChI is InChI=1S/C15H10N4/c1-2-4-11-7-12(6-5-10(11)3-1)14-16-8-13-15(19-14)18-9-17-13/h1-9H,(H,16,17,18,19). The van der Waals surface area contributed by atoms with Crippen LogP contribution < -0.4 is 0 Å². The molecule has 0 amide bonds. The Labute approximate surface area is 109 Å². The van der Waals surface area contributed by atoms with Crippen molar-refractivity contribution in [2.75, 3.05) is 0 Å². The lowest BCUT2D eigenvalue weighted by Crippen LogP contribution is -1.89. The zero-order valence-electron chi connectivity index (χ0n) is 10.0.